The fourth-order valence-corrected chi connectivity index (χ4v) is 14.8. The number of hydrogen-bond donors (Lipinski definition) is 6. The molecule has 6 N–H and O–H groups in total. The van der Waals surface area contributed by atoms with Gasteiger partial charge in [-0.25, -0.2) is 46.2 Å². The first kappa shape index (κ1) is 86.1. The van der Waals surface area contributed by atoms with Crippen LogP contribution in [0.2, 0.25) is 0 Å². The van der Waals surface area contributed by atoms with Crippen molar-refractivity contribution in [3.05, 3.63) is 287 Å². The van der Waals surface area contributed by atoms with Gasteiger partial charge in [0.05, 0.1) is 109 Å². The van der Waals surface area contributed by atoms with Crippen molar-refractivity contribution in [3.8, 4) is 51.6 Å². The van der Waals surface area contributed by atoms with Gasteiger partial charge in [-0.3, -0.25) is 43.6 Å². The molecule has 0 saturated heterocycles. The van der Waals surface area contributed by atoms with E-state index in [1.54, 1.807) is 101 Å². The Balaban J connectivity index is 0.605. The van der Waals surface area contributed by atoms with Gasteiger partial charge < -0.3 is 30.2 Å². The molecule has 644 valence electrons. The summed E-state index contributed by atoms with van der Waals surface area (Å²) in [7, 11) is -4.44. The van der Waals surface area contributed by atoms with Crippen LogP contribution in [0.15, 0.2) is 219 Å². The molecule has 0 unspecified atom stereocenters. The fraction of sp³-hybridized carbons (Fsp3) is 0.258. The maximum atomic E-state index is 15.1. The Morgan fingerprint density at radius 2 is 0.632 bits per heavy atom. The van der Waals surface area contributed by atoms with Crippen molar-refractivity contribution in [1.82, 2.24) is 74.6 Å². The third kappa shape index (κ3) is 21.1. The number of phosphoric ester groups is 1. The summed E-state index contributed by atoms with van der Waals surface area (Å²) >= 11 is 0. The molecule has 6 amide bonds. The SMILES string of the molecule is Cc1ccc(-n2nc(C(C)(C)C)cc2NC(=O)NCc2cc(F)ccc2Oc2ccc3c(cnn3CCOP(=O)(OCCn3ncc4cc(Oc5ccc(F)cc5CNC(=O)Nc5cc(C(C)(C)C)nn5-c5ccc(C)cc5)ccc43)OCCn3ncc4cc(Oc5ccc(F)cc5CNC(=O)Nc5cc(C(C)(C)C)nn5-c5ccc(C)cc5)ccc43)c2)cc1. The topological polar surface area (TPSA) is 303 Å². The highest BCUT2D eigenvalue weighted by Gasteiger charge is 2.30. The van der Waals surface area contributed by atoms with Gasteiger partial charge in [0.1, 0.15) is 69.4 Å². The maximum absolute atomic E-state index is 15.1. The number of benzene rings is 9. The van der Waals surface area contributed by atoms with Crippen molar-refractivity contribution in [2.24, 2.45) is 0 Å². The van der Waals surface area contributed by atoms with Crippen molar-refractivity contribution >= 4 is 76.1 Å². The first-order valence-corrected chi connectivity index (χ1v) is 42.2. The van der Waals surface area contributed by atoms with E-state index < -0.39 is 43.4 Å². The summed E-state index contributed by atoms with van der Waals surface area (Å²) in [6, 6.07) is 55.2. The van der Waals surface area contributed by atoms with Crippen molar-refractivity contribution in [1.29, 1.82) is 0 Å². The summed E-state index contributed by atoms with van der Waals surface area (Å²) in [6.07, 6.45) is 4.90. The molecule has 32 heteroatoms. The molecule has 0 fully saturated rings. The molecule has 15 aromatic rings. The number of phosphoric acid groups is 1. The van der Waals surface area contributed by atoms with E-state index in [1.165, 1.54) is 54.6 Å². The smallest absolute Gasteiger partial charge is 0.457 e. The molecule has 0 radical (unpaired) electrons. The molecule has 0 bridgehead atoms. The van der Waals surface area contributed by atoms with Crippen LogP contribution in [-0.4, -0.2) is 96.6 Å². The molecule has 6 heterocycles. The standard InChI is InChI=1S/C93H96F3N18O10P/c1-58-13-22-70(23-14-58)112-85(49-82(106-112)91(4,5)6)103-88(115)97-52-64-43-67(94)19-34-79(64)122-73-28-31-76-61(46-73)55-100-109(76)37-40-119-125(118,120-41-38-110-77-32-29-74(47-62(77)56-101-110)123-80-35-20-68(95)44-65(80)53-98-89(116)104-86-50-83(92(7,8)9)107-113(86)71-24-15-59(2)16-25-71)121-42-39-111-78-33-30-75(48-63(78)57-102-111)124-81-36-21-69(96)45-66(81)54-99-90(117)105-87-51-84(93(10,11)12)108-114(87)72-26-17-60(3)18-27-72/h13-36,43-51,55-57H,37-42,52-54H2,1-12H3,(H2,97,103,115)(H2,98,104,116)(H2,99,105,117). The second-order valence-electron chi connectivity index (χ2n) is 33.4. The Hall–Kier alpha value is -13.9. The number of nitrogens with zero attached hydrogens (tertiary/aromatic N) is 12. The Bertz CT molecular complexity index is 5900. The molecule has 9 aromatic carbocycles. The predicted octanol–water partition coefficient (Wildman–Crippen LogP) is 20.4. The van der Waals surface area contributed by atoms with Crippen LogP contribution in [0, 0.1) is 38.2 Å². The normalized spacial score (nSPS) is 12.0. The maximum Gasteiger partial charge on any atom is 0.474 e. The molecule has 0 aliphatic carbocycles. The molecule has 0 aliphatic rings. The number of ether oxygens (including phenoxy) is 3. The van der Waals surface area contributed by atoms with Crippen molar-refractivity contribution < 1.29 is 59.9 Å². The van der Waals surface area contributed by atoms with Gasteiger partial charge in [0.25, 0.3) is 0 Å². The highest BCUT2D eigenvalue weighted by molar-refractivity contribution is 7.48. The van der Waals surface area contributed by atoms with Gasteiger partial charge in [-0.15, -0.1) is 0 Å². The second-order valence-corrected chi connectivity index (χ2v) is 35.1. The van der Waals surface area contributed by atoms with Gasteiger partial charge in [-0.1, -0.05) is 115 Å². The Morgan fingerprint density at radius 3 is 0.896 bits per heavy atom. The summed E-state index contributed by atoms with van der Waals surface area (Å²) in [4.78, 5) is 40.8. The molecular formula is C93H96F3N18O10P. The minimum absolute atomic E-state index is 0.0831. The Kier molecular flexibility index (Phi) is 25.0. The summed E-state index contributed by atoms with van der Waals surface area (Å²) < 4.78 is 107. The summed E-state index contributed by atoms with van der Waals surface area (Å²) in [5.41, 5.74) is 9.98. The molecule has 0 aliphatic heterocycles. The largest absolute Gasteiger partial charge is 0.474 e. The number of rotatable bonds is 30. The van der Waals surface area contributed by atoms with Crippen LogP contribution in [-0.2, 0) is 73.6 Å². The number of anilines is 3. The minimum Gasteiger partial charge on any atom is -0.457 e. The summed E-state index contributed by atoms with van der Waals surface area (Å²) in [5, 5.41) is 47.6. The van der Waals surface area contributed by atoms with Crippen LogP contribution in [0.25, 0.3) is 49.8 Å². The van der Waals surface area contributed by atoms with E-state index in [1.807, 2.05) is 174 Å². The van der Waals surface area contributed by atoms with E-state index in [0.717, 1.165) is 50.8 Å². The number of nitrogens with one attached hydrogen (secondary N) is 6. The van der Waals surface area contributed by atoms with E-state index >= 15 is 4.57 Å². The number of fused-ring (bicyclic) bond motifs is 3. The number of hydrogen-bond acceptors (Lipinski definition) is 16. The zero-order valence-electron chi connectivity index (χ0n) is 71.2. The van der Waals surface area contributed by atoms with Crippen LogP contribution in [0.3, 0.4) is 0 Å². The zero-order valence-corrected chi connectivity index (χ0v) is 72.1. The second kappa shape index (κ2) is 36.3. The number of urea groups is 3. The van der Waals surface area contributed by atoms with Crippen molar-refractivity contribution in [2.75, 3.05) is 35.8 Å². The fourth-order valence-electron chi connectivity index (χ4n) is 13.7. The summed E-state index contributed by atoms with van der Waals surface area (Å²) in [6.45, 7) is 23.7. The molecule has 28 nitrogen and oxygen atoms in total. The number of halogens is 3. The number of amides is 6. The zero-order chi connectivity index (χ0) is 88.1. The predicted molar refractivity (Wildman–Crippen MR) is 473 cm³/mol. The van der Waals surface area contributed by atoms with Crippen LogP contribution in [0.5, 0.6) is 34.5 Å². The van der Waals surface area contributed by atoms with E-state index in [9.17, 15) is 27.6 Å². The lowest BCUT2D eigenvalue weighted by molar-refractivity contribution is 0.103. The monoisotopic (exact) mass is 1710 g/mol. The molecular weight excluding hydrogens is 1620 g/mol. The third-order valence-electron chi connectivity index (χ3n) is 20.6. The molecule has 125 heavy (non-hydrogen) atoms. The molecule has 15 rings (SSSR count). The number of aryl methyl sites for hydroxylation is 3. The lowest BCUT2D eigenvalue weighted by atomic mass is 9.92. The number of carbonyl (C=O) groups excluding carboxylic acids is 3. The molecule has 6 aromatic heterocycles. The first-order valence-electron chi connectivity index (χ1n) is 40.7. The van der Waals surface area contributed by atoms with Crippen LogP contribution in [0.1, 0.15) is 113 Å². The van der Waals surface area contributed by atoms with Gasteiger partial charge >= 0.3 is 25.9 Å². The quantitative estimate of drug-likeness (QED) is 0.0228. The number of aromatic nitrogens is 12. The van der Waals surface area contributed by atoms with Gasteiger partial charge in [-0.05, 0) is 166 Å². The lowest BCUT2D eigenvalue weighted by Gasteiger charge is -2.19. The van der Waals surface area contributed by atoms with E-state index in [2.05, 4.69) is 47.2 Å². The van der Waals surface area contributed by atoms with E-state index in [4.69, 9.17) is 43.1 Å². The van der Waals surface area contributed by atoms with E-state index in [-0.39, 0.29) is 75.3 Å². The van der Waals surface area contributed by atoms with Crippen molar-refractivity contribution in [3.63, 3.8) is 0 Å². The van der Waals surface area contributed by atoms with Gasteiger partial charge in [0.2, 0.25) is 0 Å². The van der Waals surface area contributed by atoms with Crippen LogP contribution >= 0.6 is 7.82 Å². The van der Waals surface area contributed by atoms with Crippen LogP contribution < -0.4 is 46.1 Å². The highest BCUT2D eigenvalue weighted by Crippen LogP contribution is 2.50. The van der Waals surface area contributed by atoms with E-state index in [0.29, 0.717) is 101 Å². The lowest BCUT2D eigenvalue weighted by Crippen LogP contribution is -2.29. The number of carbonyl (C=O) groups is 3. The average Bonchev–Trinajstić information content (AvgIpc) is 1.69. The van der Waals surface area contributed by atoms with Gasteiger partial charge in [-0.2, -0.15) is 30.6 Å². The molecule has 0 spiro atoms. The van der Waals surface area contributed by atoms with Gasteiger partial charge in [0.15, 0.2) is 0 Å². The van der Waals surface area contributed by atoms with Gasteiger partial charge in [0, 0.05) is 86.9 Å². The Morgan fingerprint density at radius 1 is 0.360 bits per heavy atom. The first-order chi connectivity index (χ1) is 59.7. The highest BCUT2D eigenvalue weighted by atomic mass is 31.2. The minimum atomic E-state index is -4.44. The van der Waals surface area contributed by atoms with Crippen molar-refractivity contribution in [2.45, 2.75) is 139 Å². The summed E-state index contributed by atoms with van der Waals surface area (Å²) in [5.74, 6) is 1.86. The third-order valence-corrected chi connectivity index (χ3v) is 22.1. The average molecular weight is 1710 g/mol. The molecule has 0 atom stereocenters. The Labute approximate surface area is 719 Å². The molecule has 0 saturated carbocycles. The van der Waals surface area contributed by atoms with Crippen LogP contribution in [0.4, 0.5) is 45.0 Å².